The molecule has 1 amide bonds. The zero-order chi connectivity index (χ0) is 15.3. The first-order valence-corrected chi connectivity index (χ1v) is 7.69. The zero-order valence-electron chi connectivity index (χ0n) is 13.1. The van der Waals surface area contributed by atoms with Gasteiger partial charge in [0.1, 0.15) is 0 Å². The molecule has 0 radical (unpaired) electrons. The van der Waals surface area contributed by atoms with Crippen LogP contribution in [0.1, 0.15) is 28.8 Å². The predicted molar refractivity (Wildman–Crippen MR) is 92.2 cm³/mol. The summed E-state index contributed by atoms with van der Waals surface area (Å²) in [4.78, 5) is 12.4. The molecule has 124 valence electrons. The Morgan fingerprint density at radius 1 is 1.41 bits per heavy atom. The van der Waals surface area contributed by atoms with Crippen molar-refractivity contribution in [2.45, 2.75) is 19.8 Å². The largest absolute Gasteiger partial charge is 0.384 e. The standard InChI is InChI=1S/C16H23ClN2O2.ClH/c1-12-4-3-5-13(14(12)17)15(20)19-10-16(11-21-2)6-8-18-9-7-16;/h3-5,18H,6-11H2,1-2H3,(H,19,20);1H. The van der Waals surface area contributed by atoms with Gasteiger partial charge in [-0.2, -0.15) is 0 Å². The van der Waals surface area contributed by atoms with E-state index in [-0.39, 0.29) is 23.7 Å². The van der Waals surface area contributed by atoms with E-state index in [2.05, 4.69) is 10.6 Å². The first-order valence-electron chi connectivity index (χ1n) is 7.31. The van der Waals surface area contributed by atoms with E-state index in [9.17, 15) is 4.79 Å². The predicted octanol–water partition coefficient (Wildman–Crippen LogP) is 2.82. The van der Waals surface area contributed by atoms with Crippen LogP contribution in [0.3, 0.4) is 0 Å². The second kappa shape index (κ2) is 8.73. The van der Waals surface area contributed by atoms with Crippen molar-refractivity contribution in [2.24, 2.45) is 5.41 Å². The summed E-state index contributed by atoms with van der Waals surface area (Å²) in [6.07, 6.45) is 2.01. The Morgan fingerprint density at radius 3 is 2.73 bits per heavy atom. The number of aryl methyl sites for hydroxylation is 1. The van der Waals surface area contributed by atoms with Gasteiger partial charge in [0, 0.05) is 19.1 Å². The molecule has 0 unspecified atom stereocenters. The highest BCUT2D eigenvalue weighted by molar-refractivity contribution is 6.34. The van der Waals surface area contributed by atoms with E-state index < -0.39 is 0 Å². The summed E-state index contributed by atoms with van der Waals surface area (Å²) in [5.41, 5.74) is 1.47. The van der Waals surface area contributed by atoms with Crippen LogP contribution < -0.4 is 10.6 Å². The fraction of sp³-hybridized carbons (Fsp3) is 0.562. The normalized spacial score (nSPS) is 16.7. The van der Waals surface area contributed by atoms with Gasteiger partial charge in [-0.1, -0.05) is 23.7 Å². The number of rotatable bonds is 5. The van der Waals surface area contributed by atoms with Crippen LogP contribution in [0.25, 0.3) is 0 Å². The molecule has 0 aromatic heterocycles. The van der Waals surface area contributed by atoms with Gasteiger partial charge in [0.15, 0.2) is 0 Å². The molecule has 0 saturated carbocycles. The van der Waals surface area contributed by atoms with Gasteiger partial charge >= 0.3 is 0 Å². The molecule has 1 aromatic carbocycles. The van der Waals surface area contributed by atoms with Gasteiger partial charge in [-0.25, -0.2) is 0 Å². The van der Waals surface area contributed by atoms with Crippen molar-refractivity contribution in [3.05, 3.63) is 34.3 Å². The number of ether oxygens (including phenoxy) is 1. The number of nitrogens with one attached hydrogen (secondary N) is 2. The Bertz CT molecular complexity index is 497. The zero-order valence-corrected chi connectivity index (χ0v) is 14.6. The lowest BCUT2D eigenvalue weighted by Gasteiger charge is -2.37. The van der Waals surface area contributed by atoms with Gasteiger partial charge in [-0.15, -0.1) is 12.4 Å². The number of carbonyl (C=O) groups is 1. The average Bonchev–Trinajstić information content (AvgIpc) is 2.49. The molecule has 2 N–H and O–H groups in total. The average molecular weight is 347 g/mol. The monoisotopic (exact) mass is 346 g/mol. The maximum Gasteiger partial charge on any atom is 0.252 e. The van der Waals surface area contributed by atoms with E-state index in [0.717, 1.165) is 31.5 Å². The SMILES string of the molecule is COCC1(CNC(=O)c2cccc(C)c2Cl)CCNCC1.Cl. The number of piperidine rings is 1. The van der Waals surface area contributed by atoms with Crippen molar-refractivity contribution >= 4 is 29.9 Å². The third-order valence-electron chi connectivity index (χ3n) is 4.18. The molecule has 22 heavy (non-hydrogen) atoms. The minimum absolute atomic E-state index is 0. The number of methoxy groups -OCH3 is 1. The summed E-state index contributed by atoms with van der Waals surface area (Å²) < 4.78 is 5.36. The van der Waals surface area contributed by atoms with Crippen molar-refractivity contribution in [3.63, 3.8) is 0 Å². The number of halogens is 2. The van der Waals surface area contributed by atoms with Gasteiger partial charge < -0.3 is 15.4 Å². The topological polar surface area (TPSA) is 50.4 Å². The molecule has 6 heteroatoms. The molecular formula is C16H24Cl2N2O2. The second-order valence-corrected chi connectivity index (χ2v) is 6.18. The third kappa shape index (κ3) is 4.59. The number of amides is 1. The molecule has 1 aliphatic heterocycles. The molecule has 1 aromatic rings. The van der Waals surface area contributed by atoms with Gasteiger partial charge in [-0.05, 0) is 44.5 Å². The van der Waals surface area contributed by atoms with E-state index in [0.29, 0.717) is 23.7 Å². The Kier molecular flexibility index (Phi) is 7.63. The van der Waals surface area contributed by atoms with Gasteiger partial charge in [0.25, 0.3) is 5.91 Å². The number of carbonyl (C=O) groups excluding carboxylic acids is 1. The lowest BCUT2D eigenvalue weighted by atomic mass is 9.79. The van der Waals surface area contributed by atoms with Crippen molar-refractivity contribution in [1.29, 1.82) is 0 Å². The number of benzene rings is 1. The molecule has 2 rings (SSSR count). The van der Waals surface area contributed by atoms with Crippen LogP contribution >= 0.6 is 24.0 Å². The fourth-order valence-corrected chi connectivity index (χ4v) is 3.03. The molecule has 4 nitrogen and oxygen atoms in total. The minimum Gasteiger partial charge on any atom is -0.384 e. The molecule has 0 aliphatic carbocycles. The maximum atomic E-state index is 12.4. The van der Waals surface area contributed by atoms with E-state index in [4.69, 9.17) is 16.3 Å². The molecule has 0 bridgehead atoms. The number of hydrogen-bond donors (Lipinski definition) is 2. The van der Waals surface area contributed by atoms with Crippen LogP contribution in [0.5, 0.6) is 0 Å². The molecule has 1 saturated heterocycles. The number of hydrogen-bond acceptors (Lipinski definition) is 3. The van der Waals surface area contributed by atoms with Crippen LogP contribution in [0.15, 0.2) is 18.2 Å². The third-order valence-corrected chi connectivity index (χ3v) is 4.68. The lowest BCUT2D eigenvalue weighted by molar-refractivity contribution is 0.0512. The van der Waals surface area contributed by atoms with Crippen molar-refractivity contribution in [3.8, 4) is 0 Å². The molecule has 1 fully saturated rings. The summed E-state index contributed by atoms with van der Waals surface area (Å²) in [5.74, 6) is -0.113. The summed E-state index contributed by atoms with van der Waals surface area (Å²) in [7, 11) is 1.71. The molecule has 1 aliphatic rings. The van der Waals surface area contributed by atoms with E-state index >= 15 is 0 Å². The fourth-order valence-electron chi connectivity index (χ4n) is 2.82. The summed E-state index contributed by atoms with van der Waals surface area (Å²) in [6, 6.07) is 5.51. The van der Waals surface area contributed by atoms with E-state index in [1.54, 1.807) is 13.2 Å². The highest BCUT2D eigenvalue weighted by Crippen LogP contribution is 2.28. The van der Waals surface area contributed by atoms with Gasteiger partial charge in [0.2, 0.25) is 0 Å². The van der Waals surface area contributed by atoms with E-state index in [1.807, 2.05) is 19.1 Å². The van der Waals surface area contributed by atoms with Crippen LogP contribution in [-0.4, -0.2) is 39.3 Å². The summed E-state index contributed by atoms with van der Waals surface area (Å²) >= 11 is 6.21. The highest BCUT2D eigenvalue weighted by Gasteiger charge is 2.32. The Morgan fingerprint density at radius 2 is 2.09 bits per heavy atom. The Balaban J connectivity index is 0.00000242. The molecule has 0 atom stereocenters. The van der Waals surface area contributed by atoms with E-state index in [1.165, 1.54) is 0 Å². The maximum absolute atomic E-state index is 12.4. The molecular weight excluding hydrogens is 323 g/mol. The quantitative estimate of drug-likeness (QED) is 0.861. The Labute approximate surface area is 143 Å². The van der Waals surface area contributed by atoms with Crippen LogP contribution in [0, 0.1) is 12.3 Å². The van der Waals surface area contributed by atoms with Gasteiger partial charge in [-0.3, -0.25) is 4.79 Å². The van der Waals surface area contributed by atoms with Crippen LogP contribution in [0.2, 0.25) is 5.02 Å². The van der Waals surface area contributed by atoms with Crippen LogP contribution in [0.4, 0.5) is 0 Å². The first-order chi connectivity index (χ1) is 10.1. The second-order valence-electron chi connectivity index (χ2n) is 5.80. The summed E-state index contributed by atoms with van der Waals surface area (Å²) in [6.45, 7) is 5.11. The van der Waals surface area contributed by atoms with Crippen LogP contribution in [-0.2, 0) is 4.74 Å². The van der Waals surface area contributed by atoms with Crippen molar-refractivity contribution < 1.29 is 9.53 Å². The first kappa shape index (κ1) is 19.2. The molecule has 0 spiro atoms. The molecule has 1 heterocycles. The highest BCUT2D eigenvalue weighted by atomic mass is 35.5. The lowest BCUT2D eigenvalue weighted by Crippen LogP contribution is -2.47. The smallest absolute Gasteiger partial charge is 0.252 e. The van der Waals surface area contributed by atoms with Gasteiger partial charge in [0.05, 0.1) is 17.2 Å². The van der Waals surface area contributed by atoms with Crippen molar-refractivity contribution in [2.75, 3.05) is 33.4 Å². The van der Waals surface area contributed by atoms with Crippen molar-refractivity contribution in [1.82, 2.24) is 10.6 Å². The summed E-state index contributed by atoms with van der Waals surface area (Å²) in [5, 5.41) is 6.90. The minimum atomic E-state index is -0.113. The Hall–Kier alpha value is -0.810.